The predicted octanol–water partition coefficient (Wildman–Crippen LogP) is 3.63. The lowest BCUT2D eigenvalue weighted by Crippen LogP contribution is -2.00. The maximum Gasteiger partial charge on any atom is 0.235 e. The van der Waals surface area contributed by atoms with Gasteiger partial charge >= 0.3 is 0 Å². The third-order valence-corrected chi connectivity index (χ3v) is 4.47. The van der Waals surface area contributed by atoms with E-state index in [1.165, 1.54) is 7.11 Å². The number of allylic oxidation sites excluding steroid dienone is 1. The molecule has 118 valence electrons. The van der Waals surface area contributed by atoms with Crippen molar-refractivity contribution < 1.29 is 24.1 Å². The fraction of sp³-hybridized carbons (Fsp3) is 0.118. The zero-order valence-electron chi connectivity index (χ0n) is 12.4. The summed E-state index contributed by atoms with van der Waals surface area (Å²) in [6, 6.07) is 8.17. The Hall–Kier alpha value is -2.22. The summed E-state index contributed by atoms with van der Waals surface area (Å²) in [6.07, 6.45) is 1.63. The van der Waals surface area contributed by atoms with Crippen molar-refractivity contribution in [2.75, 3.05) is 14.2 Å². The van der Waals surface area contributed by atoms with Gasteiger partial charge in [-0.15, -0.1) is 0 Å². The molecule has 23 heavy (non-hydrogen) atoms. The van der Waals surface area contributed by atoms with Crippen molar-refractivity contribution in [3.05, 3.63) is 50.8 Å². The van der Waals surface area contributed by atoms with Crippen molar-refractivity contribution in [1.82, 2.24) is 0 Å². The molecule has 0 saturated heterocycles. The van der Waals surface area contributed by atoms with Crippen LogP contribution in [-0.2, 0) is 0 Å². The molecular weight excluding hydrogens is 411 g/mol. The Kier molecular flexibility index (Phi) is 4.16. The normalized spacial score (nSPS) is 14.6. The second kappa shape index (κ2) is 6.11. The van der Waals surface area contributed by atoms with E-state index in [9.17, 15) is 9.90 Å². The molecule has 3 rings (SSSR count). The largest absolute Gasteiger partial charge is 0.508 e. The van der Waals surface area contributed by atoms with Crippen LogP contribution in [0.1, 0.15) is 15.9 Å². The van der Waals surface area contributed by atoms with E-state index in [2.05, 4.69) is 22.6 Å². The average molecular weight is 424 g/mol. The van der Waals surface area contributed by atoms with Gasteiger partial charge in [0, 0.05) is 6.07 Å². The van der Waals surface area contributed by atoms with E-state index in [-0.39, 0.29) is 17.3 Å². The average Bonchev–Trinajstić information content (AvgIpc) is 2.88. The molecule has 0 bridgehead atoms. The SMILES string of the molecule is COc1cc(OC)c2c(c1I)OC(=Cc1ccc(O)cc1)C2=O. The minimum Gasteiger partial charge on any atom is -0.508 e. The summed E-state index contributed by atoms with van der Waals surface area (Å²) in [5, 5.41) is 9.32. The Bertz CT molecular complexity index is 809. The lowest BCUT2D eigenvalue weighted by atomic mass is 10.1. The Morgan fingerprint density at radius 3 is 2.39 bits per heavy atom. The standard InChI is InChI=1S/C17H13IO5/c1-21-11-8-12(22-2)15(18)17-14(11)16(20)13(23-17)7-9-3-5-10(19)6-4-9/h3-8,19H,1-2H3. The van der Waals surface area contributed by atoms with Gasteiger partial charge in [-0.25, -0.2) is 0 Å². The van der Waals surface area contributed by atoms with Gasteiger partial charge in [0.15, 0.2) is 11.5 Å². The van der Waals surface area contributed by atoms with Crippen LogP contribution >= 0.6 is 22.6 Å². The van der Waals surface area contributed by atoms with E-state index in [4.69, 9.17) is 14.2 Å². The van der Waals surface area contributed by atoms with Crippen LogP contribution in [0, 0.1) is 3.57 Å². The summed E-state index contributed by atoms with van der Waals surface area (Å²) >= 11 is 2.08. The van der Waals surface area contributed by atoms with Crippen LogP contribution in [0.15, 0.2) is 36.1 Å². The minimum absolute atomic E-state index is 0.162. The number of phenolic OH excluding ortho intramolecular Hbond substituents is 1. The minimum atomic E-state index is -0.245. The number of benzene rings is 2. The Morgan fingerprint density at radius 1 is 1.13 bits per heavy atom. The Balaban J connectivity index is 2.08. The number of Topliss-reactive ketones (excluding diaryl/α,β-unsaturated/α-hetero) is 1. The number of halogens is 1. The molecule has 1 aliphatic rings. The fourth-order valence-electron chi connectivity index (χ4n) is 2.30. The molecule has 0 radical (unpaired) electrons. The molecule has 0 fully saturated rings. The number of phenols is 1. The van der Waals surface area contributed by atoms with Crippen molar-refractivity contribution in [3.8, 4) is 23.0 Å². The number of fused-ring (bicyclic) bond motifs is 1. The Labute approximate surface area is 146 Å². The van der Waals surface area contributed by atoms with Gasteiger partial charge in [-0.1, -0.05) is 12.1 Å². The molecule has 0 saturated carbocycles. The first kappa shape index (κ1) is 15.7. The fourth-order valence-corrected chi connectivity index (χ4v) is 3.06. The Morgan fingerprint density at radius 2 is 1.78 bits per heavy atom. The highest BCUT2D eigenvalue weighted by Gasteiger charge is 2.34. The summed E-state index contributed by atoms with van der Waals surface area (Å²) in [6.45, 7) is 0. The highest BCUT2D eigenvalue weighted by molar-refractivity contribution is 14.1. The molecule has 0 spiro atoms. The second-order valence-electron chi connectivity index (χ2n) is 4.83. The van der Waals surface area contributed by atoms with Crippen LogP contribution in [-0.4, -0.2) is 25.1 Å². The van der Waals surface area contributed by atoms with E-state index in [0.29, 0.717) is 26.4 Å². The molecule has 1 N–H and O–H groups in total. The maximum atomic E-state index is 12.6. The number of carbonyl (C=O) groups excluding carboxylic acids is 1. The van der Waals surface area contributed by atoms with Gasteiger partial charge in [-0.3, -0.25) is 4.79 Å². The molecule has 2 aromatic rings. The summed E-state index contributed by atoms with van der Waals surface area (Å²) in [5.41, 5.74) is 1.14. The second-order valence-corrected chi connectivity index (χ2v) is 5.91. The molecule has 5 nitrogen and oxygen atoms in total. The topological polar surface area (TPSA) is 65.0 Å². The number of methoxy groups -OCH3 is 2. The maximum absolute atomic E-state index is 12.6. The first-order valence-corrected chi connectivity index (χ1v) is 7.80. The number of carbonyl (C=O) groups is 1. The molecule has 6 heteroatoms. The molecule has 0 atom stereocenters. The summed E-state index contributed by atoms with van der Waals surface area (Å²) in [4.78, 5) is 12.6. The number of ether oxygens (including phenoxy) is 3. The van der Waals surface area contributed by atoms with Crippen molar-refractivity contribution in [2.24, 2.45) is 0 Å². The predicted molar refractivity (Wildman–Crippen MR) is 93.3 cm³/mol. The number of hydrogen-bond donors (Lipinski definition) is 1. The lowest BCUT2D eigenvalue weighted by molar-refractivity contribution is 0.101. The van der Waals surface area contributed by atoms with Gasteiger partial charge < -0.3 is 19.3 Å². The highest BCUT2D eigenvalue weighted by Crippen LogP contribution is 2.45. The van der Waals surface area contributed by atoms with E-state index in [1.54, 1.807) is 43.5 Å². The van der Waals surface area contributed by atoms with Crippen molar-refractivity contribution >= 4 is 34.5 Å². The van der Waals surface area contributed by atoms with Crippen molar-refractivity contribution in [2.45, 2.75) is 0 Å². The smallest absolute Gasteiger partial charge is 0.235 e. The van der Waals surface area contributed by atoms with Crippen molar-refractivity contribution in [1.29, 1.82) is 0 Å². The van der Waals surface area contributed by atoms with Gasteiger partial charge in [0.1, 0.15) is 22.8 Å². The van der Waals surface area contributed by atoms with Gasteiger partial charge in [0.25, 0.3) is 0 Å². The molecule has 1 aliphatic heterocycles. The van der Waals surface area contributed by atoms with E-state index in [0.717, 1.165) is 5.56 Å². The van der Waals surface area contributed by atoms with Crippen LogP contribution in [0.5, 0.6) is 23.0 Å². The molecular formula is C17H13IO5. The van der Waals surface area contributed by atoms with Crippen LogP contribution < -0.4 is 14.2 Å². The molecule has 0 aromatic heterocycles. The van der Waals surface area contributed by atoms with Crippen LogP contribution in [0.25, 0.3) is 6.08 Å². The van der Waals surface area contributed by atoms with E-state index >= 15 is 0 Å². The van der Waals surface area contributed by atoms with Crippen LogP contribution in [0.4, 0.5) is 0 Å². The zero-order valence-corrected chi connectivity index (χ0v) is 14.6. The number of aromatic hydroxyl groups is 1. The number of rotatable bonds is 3. The highest BCUT2D eigenvalue weighted by atomic mass is 127. The lowest BCUT2D eigenvalue weighted by Gasteiger charge is -2.10. The molecule has 0 amide bonds. The summed E-state index contributed by atoms with van der Waals surface area (Å²) in [7, 11) is 3.05. The zero-order chi connectivity index (χ0) is 16.6. The van der Waals surface area contributed by atoms with E-state index < -0.39 is 0 Å². The third-order valence-electron chi connectivity index (χ3n) is 3.44. The van der Waals surface area contributed by atoms with Gasteiger partial charge in [-0.05, 0) is 46.4 Å². The molecule has 2 aromatic carbocycles. The van der Waals surface area contributed by atoms with E-state index in [1.807, 2.05) is 0 Å². The van der Waals surface area contributed by atoms with Gasteiger partial charge in [0.2, 0.25) is 5.78 Å². The monoisotopic (exact) mass is 424 g/mol. The first-order valence-electron chi connectivity index (χ1n) is 6.73. The van der Waals surface area contributed by atoms with Crippen LogP contribution in [0.2, 0.25) is 0 Å². The molecule has 0 unspecified atom stereocenters. The quantitative estimate of drug-likeness (QED) is 0.603. The van der Waals surface area contributed by atoms with Crippen LogP contribution in [0.3, 0.4) is 0 Å². The summed E-state index contributed by atoms with van der Waals surface area (Å²) in [5.74, 6) is 1.56. The number of hydrogen-bond acceptors (Lipinski definition) is 5. The third kappa shape index (κ3) is 2.74. The van der Waals surface area contributed by atoms with Crippen molar-refractivity contribution in [3.63, 3.8) is 0 Å². The summed E-state index contributed by atoms with van der Waals surface area (Å²) < 4.78 is 17.0. The number of ketones is 1. The first-order chi connectivity index (χ1) is 11.0. The molecule has 1 heterocycles. The molecule has 0 aliphatic carbocycles. The van der Waals surface area contributed by atoms with Gasteiger partial charge in [0.05, 0.1) is 17.8 Å². The van der Waals surface area contributed by atoms with Gasteiger partial charge in [-0.2, -0.15) is 0 Å².